The number of nitrogens with zero attached hydrogens (tertiary/aromatic N) is 2. The number of halogens is 1. The van der Waals surface area contributed by atoms with Crippen molar-refractivity contribution in [3.05, 3.63) is 22.7 Å². The smallest absolute Gasteiger partial charge is 0.317 e. The van der Waals surface area contributed by atoms with E-state index in [9.17, 15) is 14.7 Å². The number of aliphatic hydroxyl groups is 1. The summed E-state index contributed by atoms with van der Waals surface area (Å²) in [7, 11) is 3.11. The van der Waals surface area contributed by atoms with E-state index in [1.54, 1.807) is 7.11 Å². The Kier molecular flexibility index (Phi) is 7.97. The van der Waals surface area contributed by atoms with Crippen molar-refractivity contribution in [2.45, 2.75) is 51.4 Å². The van der Waals surface area contributed by atoms with Crippen molar-refractivity contribution in [3.63, 3.8) is 0 Å². The number of urea groups is 1. The van der Waals surface area contributed by atoms with E-state index in [1.807, 2.05) is 17.9 Å². The molecule has 0 saturated carbocycles. The van der Waals surface area contributed by atoms with Crippen molar-refractivity contribution in [2.24, 2.45) is 5.92 Å². The lowest BCUT2D eigenvalue weighted by atomic mass is 9.87. The largest absolute Gasteiger partial charge is 0.495 e. The zero-order chi connectivity index (χ0) is 24.3. The van der Waals surface area contributed by atoms with Gasteiger partial charge in [0.15, 0.2) is 6.23 Å². The molecule has 3 rings (SSSR count). The number of hydrogen-bond acceptors (Lipinski definition) is 6. The van der Waals surface area contributed by atoms with Gasteiger partial charge in [-0.1, -0.05) is 25.4 Å². The first-order valence-electron chi connectivity index (χ1n) is 11.3. The quantitative estimate of drug-likeness (QED) is 0.523. The second-order valence-corrected chi connectivity index (χ2v) is 9.37. The zero-order valence-electron chi connectivity index (χ0n) is 20.0. The summed E-state index contributed by atoms with van der Waals surface area (Å²) in [5.74, 6) is 0.240. The van der Waals surface area contributed by atoms with Crippen molar-refractivity contribution in [1.29, 1.82) is 0 Å². The van der Waals surface area contributed by atoms with E-state index >= 15 is 0 Å². The number of aliphatic hydroxyl groups excluding tert-OH is 1. The Balaban J connectivity index is 1.69. The van der Waals surface area contributed by atoms with E-state index in [0.29, 0.717) is 30.4 Å². The van der Waals surface area contributed by atoms with Gasteiger partial charge in [0.05, 0.1) is 18.7 Å². The highest BCUT2D eigenvalue weighted by Crippen LogP contribution is 2.35. The molecule has 4 atom stereocenters. The van der Waals surface area contributed by atoms with Crippen LogP contribution in [-0.4, -0.2) is 80.2 Å². The molecule has 1 aromatic carbocycles. The Morgan fingerprint density at radius 1 is 1.36 bits per heavy atom. The van der Waals surface area contributed by atoms with Crippen molar-refractivity contribution in [1.82, 2.24) is 15.5 Å². The number of rotatable bonds is 8. The van der Waals surface area contributed by atoms with Crippen LogP contribution in [0, 0.1) is 5.92 Å². The molecule has 2 heterocycles. The highest BCUT2D eigenvalue weighted by Gasteiger charge is 2.48. The number of hydrogen-bond donors (Lipinski definition) is 3. The van der Waals surface area contributed by atoms with Crippen LogP contribution in [0.4, 0.5) is 10.5 Å². The second kappa shape index (κ2) is 10.4. The van der Waals surface area contributed by atoms with Gasteiger partial charge in [0.2, 0.25) is 5.91 Å². The summed E-state index contributed by atoms with van der Waals surface area (Å²) in [5, 5.41) is 16.2. The topological polar surface area (TPSA) is 103 Å². The summed E-state index contributed by atoms with van der Waals surface area (Å²) >= 11 is 6.42. The molecule has 3 N–H and O–H groups in total. The number of nitrogens with one attached hydrogen (secondary N) is 2. The van der Waals surface area contributed by atoms with Gasteiger partial charge in [0, 0.05) is 50.5 Å². The van der Waals surface area contributed by atoms with E-state index in [1.165, 1.54) is 7.11 Å². The Morgan fingerprint density at radius 3 is 2.64 bits per heavy atom. The number of methoxy groups -OCH3 is 2. The molecule has 33 heavy (non-hydrogen) atoms. The molecule has 1 unspecified atom stereocenters. The van der Waals surface area contributed by atoms with Crippen molar-refractivity contribution >= 4 is 29.2 Å². The van der Waals surface area contributed by atoms with Gasteiger partial charge in [0.1, 0.15) is 11.3 Å². The van der Waals surface area contributed by atoms with E-state index in [2.05, 4.69) is 35.4 Å². The van der Waals surface area contributed by atoms with E-state index in [4.69, 9.17) is 21.1 Å². The second-order valence-electron chi connectivity index (χ2n) is 9.00. The number of carbonyl (C=O) groups excluding carboxylic acids is 2. The van der Waals surface area contributed by atoms with Gasteiger partial charge in [-0.15, -0.1) is 0 Å². The van der Waals surface area contributed by atoms with Crippen molar-refractivity contribution in [2.75, 3.05) is 45.4 Å². The Hall–Kier alpha value is -2.23. The maximum Gasteiger partial charge on any atom is 0.317 e. The predicted octanol–water partition coefficient (Wildman–Crippen LogP) is 1.99. The highest BCUT2D eigenvalue weighted by molar-refractivity contribution is 6.33. The molecular formula is C23H35ClN4O5. The summed E-state index contributed by atoms with van der Waals surface area (Å²) in [6, 6.07) is 3.67. The first kappa shape index (κ1) is 25.4. The monoisotopic (exact) mass is 482 g/mol. The zero-order valence-corrected chi connectivity index (χ0v) is 20.7. The minimum atomic E-state index is -1.12. The first-order valence-corrected chi connectivity index (χ1v) is 11.7. The third-order valence-corrected chi connectivity index (χ3v) is 7.05. The normalized spacial score (nSPS) is 26.1. The lowest BCUT2D eigenvalue weighted by molar-refractivity contribution is -0.137. The molecule has 1 aromatic rings. The van der Waals surface area contributed by atoms with Crippen LogP contribution in [0.25, 0.3) is 0 Å². The van der Waals surface area contributed by atoms with Crippen LogP contribution in [0.5, 0.6) is 5.75 Å². The predicted molar refractivity (Wildman–Crippen MR) is 127 cm³/mol. The fourth-order valence-corrected chi connectivity index (χ4v) is 5.20. The molecular weight excluding hydrogens is 448 g/mol. The number of aryl methyl sites for hydroxylation is 1. The summed E-state index contributed by atoms with van der Waals surface area (Å²) in [5.41, 5.74) is 1.02. The Bertz CT molecular complexity index is 859. The molecule has 0 aliphatic carbocycles. The maximum absolute atomic E-state index is 13.3. The standard InChI is InChI=1S/C23H35ClN4O5/c1-6-16-9-17(10-18(33-5)19(16)24)28-8-7-27(12-15(28)3)20(29)14(2)11-23(13-32-4)21(30)25-22(31)26-23/h9-10,14-15,21,30H,6-8,11-13H2,1-5H3,(H2,25,26,31)/t14-,15-,21?,23-/m0/s1. The summed E-state index contributed by atoms with van der Waals surface area (Å²) in [4.78, 5) is 29.2. The van der Waals surface area contributed by atoms with E-state index in [-0.39, 0.29) is 25.0 Å². The summed E-state index contributed by atoms with van der Waals surface area (Å²) in [6.45, 7) is 7.90. The fourth-order valence-electron chi connectivity index (χ4n) is 4.88. The van der Waals surface area contributed by atoms with Crippen LogP contribution >= 0.6 is 11.6 Å². The third kappa shape index (κ3) is 5.15. The van der Waals surface area contributed by atoms with Gasteiger partial charge in [-0.05, 0) is 31.4 Å². The van der Waals surface area contributed by atoms with Gasteiger partial charge in [-0.2, -0.15) is 0 Å². The molecule has 184 valence electrons. The molecule has 9 nitrogen and oxygen atoms in total. The number of amides is 3. The Labute approximate surface area is 200 Å². The lowest BCUT2D eigenvalue weighted by Gasteiger charge is -2.43. The van der Waals surface area contributed by atoms with Gasteiger partial charge in [0.25, 0.3) is 0 Å². The number of piperazine rings is 1. The molecule has 0 spiro atoms. The fraction of sp³-hybridized carbons (Fsp3) is 0.652. The average molecular weight is 483 g/mol. The van der Waals surface area contributed by atoms with Crippen LogP contribution in [0.1, 0.15) is 32.8 Å². The Morgan fingerprint density at radius 2 is 2.09 bits per heavy atom. The molecule has 0 bridgehead atoms. The van der Waals surface area contributed by atoms with Crippen LogP contribution in [-0.2, 0) is 16.0 Å². The lowest BCUT2D eigenvalue weighted by Crippen LogP contribution is -2.58. The molecule has 2 aliphatic heterocycles. The molecule has 0 radical (unpaired) electrons. The summed E-state index contributed by atoms with van der Waals surface area (Å²) in [6.07, 6.45) is -0.0559. The molecule has 10 heteroatoms. The van der Waals surface area contributed by atoms with E-state index < -0.39 is 23.7 Å². The van der Waals surface area contributed by atoms with E-state index in [0.717, 1.165) is 17.7 Å². The highest BCUT2D eigenvalue weighted by atomic mass is 35.5. The molecule has 2 aliphatic rings. The number of carbonyl (C=O) groups is 2. The SMILES string of the molecule is CCc1cc(N2CCN(C(=O)[C@@H](C)C[C@@]3(COC)NC(=O)NC3O)C[C@@H]2C)cc(OC)c1Cl. The minimum absolute atomic E-state index is 0.00624. The van der Waals surface area contributed by atoms with Crippen molar-refractivity contribution < 1.29 is 24.2 Å². The molecule has 0 aromatic heterocycles. The van der Waals surface area contributed by atoms with Crippen LogP contribution in [0.2, 0.25) is 5.02 Å². The number of benzene rings is 1. The van der Waals surface area contributed by atoms with Gasteiger partial charge in [-0.25, -0.2) is 4.79 Å². The van der Waals surface area contributed by atoms with Gasteiger partial charge < -0.3 is 35.0 Å². The van der Waals surface area contributed by atoms with Crippen LogP contribution in [0.15, 0.2) is 12.1 Å². The maximum atomic E-state index is 13.3. The summed E-state index contributed by atoms with van der Waals surface area (Å²) < 4.78 is 10.7. The molecule has 2 saturated heterocycles. The number of anilines is 1. The van der Waals surface area contributed by atoms with Crippen molar-refractivity contribution in [3.8, 4) is 5.75 Å². The minimum Gasteiger partial charge on any atom is -0.495 e. The van der Waals surface area contributed by atoms with Gasteiger partial charge >= 0.3 is 6.03 Å². The number of ether oxygens (including phenoxy) is 2. The molecule has 3 amide bonds. The molecule has 2 fully saturated rings. The van der Waals surface area contributed by atoms with Crippen LogP contribution in [0.3, 0.4) is 0 Å². The van der Waals surface area contributed by atoms with Crippen LogP contribution < -0.4 is 20.3 Å². The van der Waals surface area contributed by atoms with Gasteiger partial charge in [-0.3, -0.25) is 4.79 Å². The first-order chi connectivity index (χ1) is 15.7. The third-order valence-electron chi connectivity index (χ3n) is 6.62. The average Bonchev–Trinajstić information content (AvgIpc) is 3.05.